The quantitative estimate of drug-likeness (QED) is 0.861. The van der Waals surface area contributed by atoms with Gasteiger partial charge in [0.1, 0.15) is 5.75 Å². The van der Waals surface area contributed by atoms with Crippen LogP contribution in [0.5, 0.6) is 5.75 Å². The van der Waals surface area contributed by atoms with Gasteiger partial charge >= 0.3 is 0 Å². The first-order valence-electron chi connectivity index (χ1n) is 6.91. The zero-order valence-corrected chi connectivity index (χ0v) is 10.6. The van der Waals surface area contributed by atoms with Crippen molar-refractivity contribution in [3.8, 4) is 5.75 Å². The van der Waals surface area contributed by atoms with Crippen LogP contribution in [0.25, 0.3) is 0 Å². The van der Waals surface area contributed by atoms with Gasteiger partial charge in [0.25, 0.3) is 0 Å². The molecule has 2 saturated carbocycles. The molecule has 98 valence electrons. The molecule has 1 aromatic carbocycles. The third-order valence-electron chi connectivity index (χ3n) is 3.96. The number of rotatable bonds is 3. The van der Waals surface area contributed by atoms with Crippen molar-refractivity contribution in [1.82, 2.24) is 0 Å². The number of aliphatic hydroxyl groups is 1. The van der Waals surface area contributed by atoms with E-state index in [-0.39, 0.29) is 6.04 Å². The summed E-state index contributed by atoms with van der Waals surface area (Å²) in [6.45, 7) is 0. The lowest BCUT2D eigenvalue weighted by Gasteiger charge is -2.36. The molecule has 2 atom stereocenters. The predicted molar refractivity (Wildman–Crippen MR) is 70.4 cm³/mol. The van der Waals surface area contributed by atoms with E-state index in [1.807, 2.05) is 24.3 Å². The Labute approximate surface area is 108 Å². The normalized spacial score (nSPS) is 32.2. The highest BCUT2D eigenvalue weighted by Gasteiger charge is 2.35. The van der Waals surface area contributed by atoms with Crippen LogP contribution in [-0.2, 0) is 5.60 Å². The van der Waals surface area contributed by atoms with Crippen molar-refractivity contribution in [3.05, 3.63) is 29.8 Å². The highest BCUT2D eigenvalue weighted by atomic mass is 16.5. The Bertz CT molecular complexity index is 430. The third kappa shape index (κ3) is 2.52. The lowest BCUT2D eigenvalue weighted by atomic mass is 9.77. The van der Waals surface area contributed by atoms with E-state index < -0.39 is 5.60 Å². The fourth-order valence-electron chi connectivity index (χ4n) is 2.79. The maximum absolute atomic E-state index is 10.8. The van der Waals surface area contributed by atoms with Crippen LogP contribution in [0.3, 0.4) is 0 Å². The van der Waals surface area contributed by atoms with Gasteiger partial charge in [-0.05, 0) is 56.2 Å². The lowest BCUT2D eigenvalue weighted by molar-refractivity contribution is -0.00737. The van der Waals surface area contributed by atoms with Crippen molar-refractivity contribution < 1.29 is 9.84 Å². The molecule has 3 N–H and O–H groups in total. The molecular weight excluding hydrogens is 226 g/mol. The minimum atomic E-state index is -0.763. The van der Waals surface area contributed by atoms with Gasteiger partial charge in [-0.25, -0.2) is 0 Å². The third-order valence-corrected chi connectivity index (χ3v) is 3.96. The van der Waals surface area contributed by atoms with E-state index in [0.29, 0.717) is 12.5 Å². The van der Waals surface area contributed by atoms with E-state index in [2.05, 4.69) is 0 Å². The van der Waals surface area contributed by atoms with Crippen LogP contribution in [-0.4, -0.2) is 17.3 Å². The molecule has 0 bridgehead atoms. The zero-order chi connectivity index (χ0) is 12.6. The van der Waals surface area contributed by atoms with Gasteiger partial charge in [-0.3, -0.25) is 0 Å². The molecule has 18 heavy (non-hydrogen) atoms. The molecule has 2 fully saturated rings. The van der Waals surface area contributed by atoms with Gasteiger partial charge in [-0.15, -0.1) is 0 Å². The minimum absolute atomic E-state index is 0.108. The first kappa shape index (κ1) is 12.0. The summed E-state index contributed by atoms with van der Waals surface area (Å²) in [6, 6.07) is 8.00. The van der Waals surface area contributed by atoms with Crippen LogP contribution in [0, 0.1) is 0 Å². The second-order valence-corrected chi connectivity index (χ2v) is 5.73. The molecule has 3 rings (SSSR count). The molecule has 2 unspecified atom stereocenters. The van der Waals surface area contributed by atoms with Crippen LogP contribution in [0.15, 0.2) is 24.3 Å². The summed E-state index contributed by atoms with van der Waals surface area (Å²) >= 11 is 0. The molecule has 0 aromatic heterocycles. The van der Waals surface area contributed by atoms with Crippen LogP contribution < -0.4 is 10.5 Å². The van der Waals surface area contributed by atoms with Gasteiger partial charge in [0.2, 0.25) is 0 Å². The standard InChI is InChI=1S/C15H21NO2/c16-12-4-2-8-15(17,10-12)11-3-1-5-14(9-11)18-13-6-7-13/h1,3,5,9,12-13,17H,2,4,6-8,10,16H2. The van der Waals surface area contributed by atoms with E-state index in [1.165, 1.54) is 0 Å². The van der Waals surface area contributed by atoms with Gasteiger partial charge in [0.05, 0.1) is 11.7 Å². The first-order valence-corrected chi connectivity index (χ1v) is 6.91. The van der Waals surface area contributed by atoms with Crippen molar-refractivity contribution in [2.45, 2.75) is 56.3 Å². The monoisotopic (exact) mass is 247 g/mol. The average molecular weight is 247 g/mol. The molecule has 0 saturated heterocycles. The molecule has 0 spiro atoms. The van der Waals surface area contributed by atoms with Crippen molar-refractivity contribution in [2.75, 3.05) is 0 Å². The van der Waals surface area contributed by atoms with Crippen molar-refractivity contribution in [2.24, 2.45) is 5.73 Å². The first-order chi connectivity index (χ1) is 8.66. The molecule has 0 heterocycles. The Hall–Kier alpha value is -1.06. The molecule has 0 aliphatic heterocycles. The molecule has 0 amide bonds. The summed E-state index contributed by atoms with van der Waals surface area (Å²) in [6.07, 6.45) is 6.15. The van der Waals surface area contributed by atoms with Gasteiger partial charge < -0.3 is 15.6 Å². The van der Waals surface area contributed by atoms with Gasteiger partial charge in [-0.1, -0.05) is 12.1 Å². The van der Waals surface area contributed by atoms with Gasteiger partial charge in [-0.2, -0.15) is 0 Å². The largest absolute Gasteiger partial charge is 0.490 e. The fourth-order valence-corrected chi connectivity index (χ4v) is 2.79. The summed E-state index contributed by atoms with van der Waals surface area (Å²) < 4.78 is 5.79. The van der Waals surface area contributed by atoms with E-state index >= 15 is 0 Å². The van der Waals surface area contributed by atoms with E-state index in [1.54, 1.807) is 0 Å². The summed E-state index contributed by atoms with van der Waals surface area (Å²) in [5.41, 5.74) is 6.18. The summed E-state index contributed by atoms with van der Waals surface area (Å²) in [5.74, 6) is 0.877. The maximum atomic E-state index is 10.8. The number of ether oxygens (including phenoxy) is 1. The van der Waals surface area contributed by atoms with E-state index in [0.717, 1.165) is 43.4 Å². The summed E-state index contributed by atoms with van der Waals surface area (Å²) in [5, 5.41) is 10.8. The second kappa shape index (κ2) is 4.56. The van der Waals surface area contributed by atoms with E-state index in [9.17, 15) is 5.11 Å². The fraction of sp³-hybridized carbons (Fsp3) is 0.600. The summed E-state index contributed by atoms with van der Waals surface area (Å²) in [7, 11) is 0. The SMILES string of the molecule is NC1CCCC(O)(c2cccc(OC3CC3)c2)C1. The molecule has 3 nitrogen and oxygen atoms in total. The molecule has 2 aliphatic rings. The van der Waals surface area contributed by atoms with Gasteiger partial charge in [0, 0.05) is 6.04 Å². The van der Waals surface area contributed by atoms with Crippen LogP contribution in [0.4, 0.5) is 0 Å². The average Bonchev–Trinajstić information content (AvgIpc) is 3.13. The molecule has 0 radical (unpaired) electrons. The summed E-state index contributed by atoms with van der Waals surface area (Å²) in [4.78, 5) is 0. The Balaban J connectivity index is 1.81. The highest BCUT2D eigenvalue weighted by molar-refractivity contribution is 5.33. The van der Waals surface area contributed by atoms with Gasteiger partial charge in [0.15, 0.2) is 0 Å². The Morgan fingerprint density at radius 2 is 2.11 bits per heavy atom. The Kier molecular flexibility index (Phi) is 3.04. The second-order valence-electron chi connectivity index (χ2n) is 5.73. The Morgan fingerprint density at radius 3 is 2.83 bits per heavy atom. The molecular formula is C15H21NO2. The number of hydrogen-bond acceptors (Lipinski definition) is 3. The topological polar surface area (TPSA) is 55.5 Å². The molecule has 2 aliphatic carbocycles. The van der Waals surface area contributed by atoms with Crippen LogP contribution >= 0.6 is 0 Å². The lowest BCUT2D eigenvalue weighted by Crippen LogP contribution is -2.39. The van der Waals surface area contributed by atoms with E-state index in [4.69, 9.17) is 10.5 Å². The predicted octanol–water partition coefficient (Wildman–Crippen LogP) is 2.32. The van der Waals surface area contributed by atoms with Crippen LogP contribution in [0.1, 0.15) is 44.1 Å². The zero-order valence-electron chi connectivity index (χ0n) is 10.6. The maximum Gasteiger partial charge on any atom is 0.120 e. The highest BCUT2D eigenvalue weighted by Crippen LogP contribution is 2.38. The van der Waals surface area contributed by atoms with Crippen molar-refractivity contribution >= 4 is 0 Å². The minimum Gasteiger partial charge on any atom is -0.490 e. The number of hydrogen-bond donors (Lipinski definition) is 2. The number of nitrogens with two attached hydrogens (primary N) is 1. The Morgan fingerprint density at radius 1 is 1.28 bits per heavy atom. The van der Waals surface area contributed by atoms with Crippen molar-refractivity contribution in [3.63, 3.8) is 0 Å². The smallest absolute Gasteiger partial charge is 0.120 e. The van der Waals surface area contributed by atoms with Crippen molar-refractivity contribution in [1.29, 1.82) is 0 Å². The number of benzene rings is 1. The van der Waals surface area contributed by atoms with Crippen LogP contribution in [0.2, 0.25) is 0 Å². The molecule has 3 heteroatoms. The molecule has 1 aromatic rings.